The summed E-state index contributed by atoms with van der Waals surface area (Å²) in [6.45, 7) is 1.51. The maximum Gasteiger partial charge on any atom is 0.274 e. The number of hydrogen-bond acceptors (Lipinski definition) is 3. The molecule has 5 heteroatoms. The first-order valence-corrected chi connectivity index (χ1v) is 4.05. The minimum Gasteiger partial charge on any atom is -0.375 e. The molecule has 0 N–H and O–H groups in total. The van der Waals surface area contributed by atoms with Crippen molar-refractivity contribution in [1.82, 2.24) is 0 Å². The lowest BCUT2D eigenvalue weighted by Crippen LogP contribution is -2.11. The molecular weight excluding hydrogens is 187 g/mol. The van der Waals surface area contributed by atoms with Gasteiger partial charge in [0.2, 0.25) is 0 Å². The van der Waals surface area contributed by atoms with Gasteiger partial charge in [-0.15, -0.1) is 0 Å². The van der Waals surface area contributed by atoms with Crippen LogP contribution in [0, 0.1) is 22.9 Å². The highest BCUT2D eigenvalue weighted by Gasteiger charge is 2.16. The summed E-state index contributed by atoms with van der Waals surface area (Å²) < 4.78 is 13.3. The van der Waals surface area contributed by atoms with E-state index in [2.05, 4.69) is 0 Å². The van der Waals surface area contributed by atoms with Crippen molar-refractivity contribution in [2.24, 2.45) is 0 Å². The van der Waals surface area contributed by atoms with Gasteiger partial charge in [-0.1, -0.05) is 0 Å². The van der Waals surface area contributed by atoms with Crippen LogP contribution in [0.5, 0.6) is 0 Å². The molecule has 0 bridgehead atoms. The lowest BCUT2D eigenvalue weighted by atomic mass is 10.1. The fraction of sp³-hybridized carbons (Fsp3) is 0.333. The minimum absolute atomic E-state index is 0.0601. The molecule has 76 valence electrons. The van der Waals surface area contributed by atoms with Gasteiger partial charge in [0.05, 0.1) is 10.6 Å². The van der Waals surface area contributed by atoms with Gasteiger partial charge in [0, 0.05) is 25.7 Å². The molecule has 0 aromatic heterocycles. The number of nitro benzene ring substituents is 1. The molecule has 0 spiro atoms. The summed E-state index contributed by atoms with van der Waals surface area (Å²) in [5.74, 6) is -0.446. The molecule has 0 aliphatic heterocycles. The first-order chi connectivity index (χ1) is 6.43. The second-order valence-electron chi connectivity index (χ2n) is 3.24. The van der Waals surface area contributed by atoms with Crippen LogP contribution in [0.25, 0.3) is 0 Å². The Morgan fingerprint density at radius 2 is 2.00 bits per heavy atom. The second-order valence-corrected chi connectivity index (χ2v) is 3.24. The van der Waals surface area contributed by atoms with Crippen LogP contribution in [0.3, 0.4) is 0 Å². The van der Waals surface area contributed by atoms with Gasteiger partial charge in [-0.25, -0.2) is 4.39 Å². The minimum atomic E-state index is -0.512. The van der Waals surface area contributed by atoms with E-state index >= 15 is 0 Å². The van der Waals surface area contributed by atoms with Crippen molar-refractivity contribution in [2.75, 3.05) is 19.0 Å². The van der Waals surface area contributed by atoms with Gasteiger partial charge in [-0.05, 0) is 13.0 Å². The molecule has 0 aliphatic carbocycles. The predicted octanol–water partition coefficient (Wildman–Crippen LogP) is 2.11. The van der Waals surface area contributed by atoms with Crippen LogP contribution in [-0.4, -0.2) is 19.0 Å². The highest BCUT2D eigenvalue weighted by Crippen LogP contribution is 2.26. The molecule has 0 aliphatic rings. The topological polar surface area (TPSA) is 46.4 Å². The lowest BCUT2D eigenvalue weighted by molar-refractivity contribution is -0.385. The van der Waals surface area contributed by atoms with Crippen molar-refractivity contribution in [1.29, 1.82) is 0 Å². The maximum atomic E-state index is 13.3. The summed E-state index contributed by atoms with van der Waals surface area (Å²) >= 11 is 0. The Morgan fingerprint density at radius 3 is 2.43 bits per heavy atom. The number of nitrogens with zero attached hydrogens (tertiary/aromatic N) is 2. The van der Waals surface area contributed by atoms with E-state index < -0.39 is 10.7 Å². The number of halogens is 1. The van der Waals surface area contributed by atoms with Gasteiger partial charge >= 0.3 is 0 Å². The van der Waals surface area contributed by atoms with Crippen molar-refractivity contribution in [3.63, 3.8) is 0 Å². The van der Waals surface area contributed by atoms with Crippen molar-refractivity contribution in [2.45, 2.75) is 6.92 Å². The Bertz CT molecular complexity index is 377. The van der Waals surface area contributed by atoms with Crippen molar-refractivity contribution in [3.8, 4) is 0 Å². The van der Waals surface area contributed by atoms with Crippen LogP contribution < -0.4 is 4.90 Å². The molecule has 1 rings (SSSR count). The van der Waals surface area contributed by atoms with Crippen LogP contribution >= 0.6 is 0 Å². The predicted molar refractivity (Wildman–Crippen MR) is 52.1 cm³/mol. The molecular formula is C9H11FN2O2. The Kier molecular flexibility index (Phi) is 2.69. The summed E-state index contributed by atoms with van der Waals surface area (Å²) in [6.07, 6.45) is 0. The zero-order chi connectivity index (χ0) is 10.9. The van der Waals surface area contributed by atoms with E-state index in [1.807, 2.05) is 0 Å². The highest BCUT2D eigenvalue weighted by atomic mass is 19.1. The van der Waals surface area contributed by atoms with E-state index in [1.165, 1.54) is 24.0 Å². The smallest absolute Gasteiger partial charge is 0.274 e. The molecule has 0 saturated heterocycles. The highest BCUT2D eigenvalue weighted by molar-refractivity contribution is 5.56. The van der Waals surface area contributed by atoms with Crippen molar-refractivity contribution >= 4 is 11.4 Å². The Morgan fingerprint density at radius 1 is 1.43 bits per heavy atom. The van der Waals surface area contributed by atoms with Crippen LogP contribution in [0.2, 0.25) is 0 Å². The Balaban J connectivity index is 3.34. The summed E-state index contributed by atoms with van der Waals surface area (Å²) in [5, 5.41) is 10.6. The number of anilines is 1. The first kappa shape index (κ1) is 10.4. The van der Waals surface area contributed by atoms with Gasteiger partial charge in [-0.2, -0.15) is 0 Å². The van der Waals surface area contributed by atoms with Crippen LogP contribution in [-0.2, 0) is 0 Å². The molecule has 0 heterocycles. The van der Waals surface area contributed by atoms with Gasteiger partial charge in [0.25, 0.3) is 5.69 Å². The number of nitro groups is 1. The van der Waals surface area contributed by atoms with Crippen molar-refractivity contribution in [3.05, 3.63) is 33.6 Å². The third-order valence-electron chi connectivity index (χ3n) is 1.94. The van der Waals surface area contributed by atoms with E-state index in [4.69, 9.17) is 0 Å². The van der Waals surface area contributed by atoms with E-state index in [1.54, 1.807) is 14.1 Å². The summed E-state index contributed by atoms with van der Waals surface area (Å²) in [5.41, 5.74) is 0.496. The average molecular weight is 198 g/mol. The third-order valence-corrected chi connectivity index (χ3v) is 1.94. The largest absolute Gasteiger partial charge is 0.375 e. The number of benzene rings is 1. The fourth-order valence-corrected chi connectivity index (χ4v) is 1.19. The van der Waals surface area contributed by atoms with Gasteiger partial charge < -0.3 is 4.90 Å². The molecule has 1 aromatic carbocycles. The van der Waals surface area contributed by atoms with Crippen LogP contribution in [0.1, 0.15) is 5.56 Å². The van der Waals surface area contributed by atoms with E-state index in [0.717, 1.165) is 0 Å². The normalized spacial score (nSPS) is 10.0. The fourth-order valence-electron chi connectivity index (χ4n) is 1.19. The number of hydrogen-bond donors (Lipinski definition) is 0. The molecule has 0 saturated carbocycles. The van der Waals surface area contributed by atoms with E-state index in [0.29, 0.717) is 5.56 Å². The lowest BCUT2D eigenvalue weighted by Gasteiger charge is -2.13. The number of rotatable bonds is 2. The van der Waals surface area contributed by atoms with Crippen molar-refractivity contribution < 1.29 is 9.31 Å². The van der Waals surface area contributed by atoms with Gasteiger partial charge in [-0.3, -0.25) is 10.1 Å². The Hall–Kier alpha value is -1.65. The second kappa shape index (κ2) is 3.61. The molecule has 14 heavy (non-hydrogen) atoms. The zero-order valence-electron chi connectivity index (χ0n) is 8.24. The molecule has 0 fully saturated rings. The maximum absolute atomic E-state index is 13.3. The van der Waals surface area contributed by atoms with Gasteiger partial charge in [0.15, 0.2) is 0 Å². The molecule has 0 atom stereocenters. The quantitative estimate of drug-likeness (QED) is 0.540. The van der Waals surface area contributed by atoms with Gasteiger partial charge in [0.1, 0.15) is 5.82 Å². The monoisotopic (exact) mass is 198 g/mol. The molecule has 4 nitrogen and oxygen atoms in total. The zero-order valence-corrected chi connectivity index (χ0v) is 8.24. The summed E-state index contributed by atoms with van der Waals surface area (Å²) in [4.78, 5) is 11.6. The third kappa shape index (κ3) is 1.81. The number of aryl methyl sites for hydroxylation is 1. The average Bonchev–Trinajstić information content (AvgIpc) is 2.02. The first-order valence-electron chi connectivity index (χ1n) is 4.05. The molecule has 0 amide bonds. The molecule has 1 aromatic rings. The molecule has 0 unspecified atom stereocenters. The van der Waals surface area contributed by atoms with Crippen LogP contribution in [0.4, 0.5) is 15.8 Å². The molecule has 0 radical (unpaired) electrons. The van der Waals surface area contributed by atoms with E-state index in [-0.39, 0.29) is 11.4 Å². The summed E-state index contributed by atoms with van der Waals surface area (Å²) in [6, 6.07) is 2.41. The summed E-state index contributed by atoms with van der Waals surface area (Å²) in [7, 11) is 3.27. The van der Waals surface area contributed by atoms with Crippen LogP contribution in [0.15, 0.2) is 12.1 Å². The van der Waals surface area contributed by atoms with E-state index in [9.17, 15) is 14.5 Å². The Labute approximate surface area is 81.1 Å². The standard InChI is InChI=1S/C9H11FN2O2/c1-6-4-7(10)9(11(2)3)5-8(6)12(13)14/h4-5H,1-3H3. The SMILES string of the molecule is Cc1cc(F)c(N(C)C)cc1[N+](=O)[O-].